The van der Waals surface area contributed by atoms with Gasteiger partial charge in [0, 0.05) is 26.3 Å². The van der Waals surface area contributed by atoms with E-state index in [4.69, 9.17) is 10.5 Å². The van der Waals surface area contributed by atoms with E-state index in [1.807, 2.05) is 0 Å². The van der Waals surface area contributed by atoms with Gasteiger partial charge < -0.3 is 15.8 Å². The standard InChI is InChI=1S/C13H20N2O2S/c14-10-13(3-6-17-7-4-13)12(16)15-5-1-11-2-8-18-9-11/h2,8-9H,1,3-7,10,14H2,(H,15,16). The molecule has 1 saturated heterocycles. The Hall–Kier alpha value is -0.910. The second-order valence-electron chi connectivity index (χ2n) is 4.73. The Bertz CT molecular complexity index is 372. The maximum atomic E-state index is 12.2. The van der Waals surface area contributed by atoms with Crippen molar-refractivity contribution < 1.29 is 9.53 Å². The Balaban J connectivity index is 1.82. The van der Waals surface area contributed by atoms with E-state index in [1.165, 1.54) is 5.56 Å². The lowest BCUT2D eigenvalue weighted by molar-refractivity contribution is -0.135. The monoisotopic (exact) mass is 268 g/mol. The number of carbonyl (C=O) groups is 1. The van der Waals surface area contributed by atoms with Crippen molar-refractivity contribution in [3.8, 4) is 0 Å². The number of hydrogen-bond donors (Lipinski definition) is 2. The van der Waals surface area contributed by atoms with Crippen molar-refractivity contribution in [3.05, 3.63) is 22.4 Å². The quantitative estimate of drug-likeness (QED) is 0.842. The van der Waals surface area contributed by atoms with Gasteiger partial charge in [-0.3, -0.25) is 4.79 Å². The molecule has 1 aliphatic rings. The summed E-state index contributed by atoms with van der Waals surface area (Å²) in [5.41, 5.74) is 6.65. The summed E-state index contributed by atoms with van der Waals surface area (Å²) < 4.78 is 5.31. The molecular formula is C13H20N2O2S. The molecular weight excluding hydrogens is 248 g/mol. The van der Waals surface area contributed by atoms with E-state index in [2.05, 4.69) is 22.1 Å². The van der Waals surface area contributed by atoms with Crippen molar-refractivity contribution in [2.45, 2.75) is 19.3 Å². The van der Waals surface area contributed by atoms with Gasteiger partial charge in [0.2, 0.25) is 5.91 Å². The van der Waals surface area contributed by atoms with E-state index < -0.39 is 5.41 Å². The number of thiophene rings is 1. The minimum absolute atomic E-state index is 0.0866. The molecule has 2 heterocycles. The highest BCUT2D eigenvalue weighted by Crippen LogP contribution is 2.29. The van der Waals surface area contributed by atoms with Crippen LogP contribution in [0.4, 0.5) is 0 Å². The fraction of sp³-hybridized carbons (Fsp3) is 0.615. The van der Waals surface area contributed by atoms with Crippen LogP contribution in [0.2, 0.25) is 0 Å². The zero-order chi connectivity index (χ0) is 12.8. The first kappa shape index (κ1) is 13.5. The van der Waals surface area contributed by atoms with E-state index in [0.29, 0.717) is 26.3 Å². The van der Waals surface area contributed by atoms with Gasteiger partial charge in [-0.2, -0.15) is 11.3 Å². The Kier molecular flexibility index (Phi) is 4.74. The predicted octanol–water partition coefficient (Wildman–Crippen LogP) is 1.16. The number of nitrogens with one attached hydrogen (secondary N) is 1. The average Bonchev–Trinajstić information content (AvgIpc) is 2.92. The molecule has 0 spiro atoms. The molecule has 1 aliphatic heterocycles. The molecule has 18 heavy (non-hydrogen) atoms. The molecule has 3 N–H and O–H groups in total. The molecule has 1 aromatic rings. The van der Waals surface area contributed by atoms with Crippen molar-refractivity contribution in [1.29, 1.82) is 0 Å². The number of ether oxygens (including phenoxy) is 1. The largest absolute Gasteiger partial charge is 0.381 e. The molecule has 0 atom stereocenters. The molecule has 0 saturated carbocycles. The summed E-state index contributed by atoms with van der Waals surface area (Å²) in [5.74, 6) is 0.0866. The normalized spacial score (nSPS) is 18.5. The van der Waals surface area contributed by atoms with Crippen molar-refractivity contribution >= 4 is 17.2 Å². The molecule has 0 aliphatic carbocycles. The maximum absolute atomic E-state index is 12.2. The number of amides is 1. The first-order chi connectivity index (χ1) is 8.77. The minimum Gasteiger partial charge on any atom is -0.381 e. The van der Waals surface area contributed by atoms with Crippen LogP contribution >= 0.6 is 11.3 Å². The molecule has 1 fully saturated rings. The second kappa shape index (κ2) is 6.31. The zero-order valence-electron chi connectivity index (χ0n) is 10.5. The molecule has 0 radical (unpaired) electrons. The third-order valence-electron chi connectivity index (χ3n) is 3.60. The van der Waals surface area contributed by atoms with Gasteiger partial charge in [0.15, 0.2) is 0 Å². The SMILES string of the molecule is NCC1(C(=O)NCCc2ccsc2)CCOCC1. The highest BCUT2D eigenvalue weighted by atomic mass is 32.1. The lowest BCUT2D eigenvalue weighted by atomic mass is 9.79. The summed E-state index contributed by atoms with van der Waals surface area (Å²) in [6.07, 6.45) is 2.34. The molecule has 1 amide bonds. The van der Waals surface area contributed by atoms with Crippen LogP contribution in [0.5, 0.6) is 0 Å². The maximum Gasteiger partial charge on any atom is 0.227 e. The van der Waals surface area contributed by atoms with Gasteiger partial charge in [-0.1, -0.05) is 0 Å². The smallest absolute Gasteiger partial charge is 0.227 e. The molecule has 4 nitrogen and oxygen atoms in total. The Morgan fingerprint density at radius 2 is 2.28 bits per heavy atom. The fourth-order valence-electron chi connectivity index (χ4n) is 2.23. The molecule has 0 aromatic carbocycles. The average molecular weight is 268 g/mol. The van der Waals surface area contributed by atoms with Crippen LogP contribution in [-0.2, 0) is 16.0 Å². The lowest BCUT2D eigenvalue weighted by Gasteiger charge is -2.34. The van der Waals surface area contributed by atoms with Crippen LogP contribution in [0.15, 0.2) is 16.8 Å². The summed E-state index contributed by atoms with van der Waals surface area (Å²) in [5, 5.41) is 7.18. The Morgan fingerprint density at radius 3 is 2.89 bits per heavy atom. The van der Waals surface area contributed by atoms with Crippen LogP contribution in [0.1, 0.15) is 18.4 Å². The minimum atomic E-state index is -0.410. The third kappa shape index (κ3) is 3.10. The van der Waals surface area contributed by atoms with E-state index in [-0.39, 0.29) is 5.91 Å². The molecule has 2 rings (SSSR count). The van der Waals surface area contributed by atoms with Gasteiger partial charge in [-0.25, -0.2) is 0 Å². The molecule has 5 heteroatoms. The summed E-state index contributed by atoms with van der Waals surface area (Å²) in [4.78, 5) is 12.2. The van der Waals surface area contributed by atoms with Crippen LogP contribution < -0.4 is 11.1 Å². The van der Waals surface area contributed by atoms with Crippen molar-refractivity contribution in [2.24, 2.45) is 11.1 Å². The predicted molar refractivity (Wildman–Crippen MR) is 72.6 cm³/mol. The van der Waals surface area contributed by atoms with Crippen molar-refractivity contribution in [1.82, 2.24) is 5.32 Å². The van der Waals surface area contributed by atoms with Crippen LogP contribution in [0.3, 0.4) is 0 Å². The van der Waals surface area contributed by atoms with E-state index in [9.17, 15) is 4.79 Å². The van der Waals surface area contributed by atoms with E-state index in [0.717, 1.165) is 19.3 Å². The molecule has 0 unspecified atom stereocenters. The highest BCUT2D eigenvalue weighted by molar-refractivity contribution is 7.07. The summed E-state index contributed by atoms with van der Waals surface area (Å²) in [7, 11) is 0. The number of hydrogen-bond acceptors (Lipinski definition) is 4. The fourth-order valence-corrected chi connectivity index (χ4v) is 2.93. The van der Waals surface area contributed by atoms with Crippen LogP contribution in [0, 0.1) is 5.41 Å². The Morgan fingerprint density at radius 1 is 1.50 bits per heavy atom. The van der Waals surface area contributed by atoms with Gasteiger partial charge in [-0.05, 0) is 41.7 Å². The molecule has 0 bridgehead atoms. The second-order valence-corrected chi connectivity index (χ2v) is 5.51. The van der Waals surface area contributed by atoms with Gasteiger partial charge in [0.05, 0.1) is 5.41 Å². The first-order valence-corrected chi connectivity index (χ1v) is 7.28. The van der Waals surface area contributed by atoms with Crippen molar-refractivity contribution in [3.63, 3.8) is 0 Å². The van der Waals surface area contributed by atoms with Crippen LogP contribution in [-0.4, -0.2) is 32.2 Å². The summed E-state index contributed by atoms with van der Waals surface area (Å²) >= 11 is 1.68. The van der Waals surface area contributed by atoms with Gasteiger partial charge in [0.1, 0.15) is 0 Å². The lowest BCUT2D eigenvalue weighted by Crippen LogP contribution is -2.49. The van der Waals surface area contributed by atoms with Gasteiger partial charge in [-0.15, -0.1) is 0 Å². The molecule has 1 aromatic heterocycles. The number of nitrogens with two attached hydrogens (primary N) is 1. The van der Waals surface area contributed by atoms with Crippen LogP contribution in [0.25, 0.3) is 0 Å². The Labute approximate surface area is 112 Å². The van der Waals surface area contributed by atoms with Gasteiger partial charge >= 0.3 is 0 Å². The van der Waals surface area contributed by atoms with E-state index in [1.54, 1.807) is 11.3 Å². The third-order valence-corrected chi connectivity index (χ3v) is 4.33. The summed E-state index contributed by atoms with van der Waals surface area (Å²) in [6, 6.07) is 2.09. The topological polar surface area (TPSA) is 64.4 Å². The number of rotatable bonds is 5. The summed E-state index contributed by atoms with van der Waals surface area (Å²) in [6.45, 7) is 2.35. The number of carbonyl (C=O) groups excluding carboxylic acids is 1. The highest BCUT2D eigenvalue weighted by Gasteiger charge is 2.38. The molecule has 100 valence electrons. The first-order valence-electron chi connectivity index (χ1n) is 6.34. The van der Waals surface area contributed by atoms with Gasteiger partial charge in [0.25, 0.3) is 0 Å². The van der Waals surface area contributed by atoms with E-state index >= 15 is 0 Å². The zero-order valence-corrected chi connectivity index (χ0v) is 11.3. The van der Waals surface area contributed by atoms with Crippen molar-refractivity contribution in [2.75, 3.05) is 26.3 Å².